The molecule has 0 aliphatic heterocycles. The molecule has 0 aliphatic rings. The molecule has 29 heavy (non-hydrogen) atoms. The molecule has 0 unspecified atom stereocenters. The van der Waals surface area contributed by atoms with Gasteiger partial charge in [0.15, 0.2) is 5.43 Å². The average molecular weight is 426 g/mol. The largest absolute Gasteiger partial charge is 0.289 e. The summed E-state index contributed by atoms with van der Waals surface area (Å²) in [6, 6.07) is 15.5. The van der Waals surface area contributed by atoms with Gasteiger partial charge in [0.1, 0.15) is 0 Å². The Balaban J connectivity index is 1.68. The first-order valence-electron chi connectivity index (χ1n) is 8.80. The molecule has 146 valence electrons. The molecule has 8 heteroatoms. The Morgan fingerprint density at radius 2 is 1.79 bits per heavy atom. The Kier molecular flexibility index (Phi) is 5.27. The Hall–Kier alpha value is -2.87. The lowest BCUT2D eigenvalue weighted by Crippen LogP contribution is -2.25. The molecule has 0 spiro atoms. The summed E-state index contributed by atoms with van der Waals surface area (Å²) in [5.41, 5.74) is 1.43. The number of hydrogen-bond donors (Lipinski definition) is 1. The molecule has 0 aliphatic carbocycles. The lowest BCUT2D eigenvalue weighted by atomic mass is 10.1. The van der Waals surface area contributed by atoms with Crippen LogP contribution >= 0.6 is 11.6 Å². The lowest BCUT2D eigenvalue weighted by molar-refractivity contribution is 0.579. The maximum atomic E-state index is 13.0. The van der Waals surface area contributed by atoms with Crippen LogP contribution in [0.3, 0.4) is 0 Å². The van der Waals surface area contributed by atoms with Gasteiger partial charge in [0, 0.05) is 23.2 Å². The number of rotatable bonds is 5. The van der Waals surface area contributed by atoms with Gasteiger partial charge in [0.05, 0.1) is 28.5 Å². The maximum absolute atomic E-state index is 13.0. The molecular weight excluding hydrogens is 410 g/mol. The summed E-state index contributed by atoms with van der Waals surface area (Å²) in [6.45, 7) is 0.104. The molecule has 0 atom stereocenters. The van der Waals surface area contributed by atoms with Gasteiger partial charge < -0.3 is 0 Å². The van der Waals surface area contributed by atoms with Crippen LogP contribution in [0.5, 0.6) is 0 Å². The third kappa shape index (κ3) is 4.42. The van der Waals surface area contributed by atoms with Gasteiger partial charge in [-0.05, 0) is 41.3 Å². The Bertz CT molecular complexity index is 1380. The monoisotopic (exact) mass is 425 g/mol. The second kappa shape index (κ2) is 7.87. The Labute approximate surface area is 172 Å². The molecule has 4 aromatic rings. The summed E-state index contributed by atoms with van der Waals surface area (Å²) in [6.07, 6.45) is 3.09. The van der Waals surface area contributed by atoms with Crippen LogP contribution < -0.4 is 10.2 Å². The van der Waals surface area contributed by atoms with E-state index in [0.717, 1.165) is 0 Å². The van der Waals surface area contributed by atoms with E-state index >= 15 is 0 Å². The highest BCUT2D eigenvalue weighted by Crippen LogP contribution is 2.19. The predicted octanol–water partition coefficient (Wildman–Crippen LogP) is 3.42. The molecule has 2 aromatic carbocycles. The van der Waals surface area contributed by atoms with Crippen LogP contribution in [0.4, 0.5) is 0 Å². The van der Waals surface area contributed by atoms with E-state index in [1.807, 2.05) is 0 Å². The smallest absolute Gasteiger partial charge is 0.216 e. The predicted molar refractivity (Wildman–Crippen MR) is 114 cm³/mol. The van der Waals surface area contributed by atoms with Gasteiger partial charge in [0.25, 0.3) is 0 Å². The number of pyridine rings is 2. The van der Waals surface area contributed by atoms with Crippen molar-refractivity contribution in [1.29, 1.82) is 0 Å². The number of benzene rings is 1. The van der Waals surface area contributed by atoms with Crippen molar-refractivity contribution in [2.24, 2.45) is 0 Å². The van der Waals surface area contributed by atoms with Crippen molar-refractivity contribution in [3.63, 3.8) is 0 Å². The van der Waals surface area contributed by atoms with E-state index in [1.165, 1.54) is 6.20 Å². The molecule has 0 saturated heterocycles. The molecule has 0 amide bonds. The third-order valence-electron chi connectivity index (χ3n) is 4.47. The number of fused-ring (bicyclic) bond motifs is 2. The molecule has 0 saturated carbocycles. The zero-order valence-electron chi connectivity index (χ0n) is 15.2. The van der Waals surface area contributed by atoms with E-state index in [1.54, 1.807) is 60.8 Å². The van der Waals surface area contributed by atoms with Crippen LogP contribution in [0.1, 0.15) is 11.3 Å². The van der Waals surface area contributed by atoms with Crippen molar-refractivity contribution >= 4 is 43.3 Å². The highest BCUT2D eigenvalue weighted by molar-refractivity contribution is 7.88. The van der Waals surface area contributed by atoms with Crippen molar-refractivity contribution in [2.75, 3.05) is 0 Å². The zero-order chi connectivity index (χ0) is 20.4. The molecule has 2 aromatic heterocycles. The van der Waals surface area contributed by atoms with Gasteiger partial charge in [-0.2, -0.15) is 0 Å². The van der Waals surface area contributed by atoms with Crippen LogP contribution in [0, 0.1) is 0 Å². The fraction of sp³-hybridized carbons (Fsp3) is 0.0952. The van der Waals surface area contributed by atoms with Crippen molar-refractivity contribution in [3.05, 3.63) is 93.5 Å². The van der Waals surface area contributed by atoms with Gasteiger partial charge >= 0.3 is 0 Å². The number of nitrogens with one attached hydrogen (secondary N) is 1. The Morgan fingerprint density at radius 1 is 0.966 bits per heavy atom. The minimum Gasteiger partial charge on any atom is -0.289 e. The summed E-state index contributed by atoms with van der Waals surface area (Å²) in [5.74, 6) is -0.245. The highest BCUT2D eigenvalue weighted by Gasteiger charge is 2.13. The van der Waals surface area contributed by atoms with Crippen LogP contribution in [-0.2, 0) is 22.3 Å². The molecule has 0 radical (unpaired) electrons. The number of hydrogen-bond acceptors (Lipinski definition) is 5. The second-order valence-electron chi connectivity index (χ2n) is 6.57. The first kappa shape index (κ1) is 19.4. The van der Waals surface area contributed by atoms with Crippen molar-refractivity contribution in [3.8, 4) is 0 Å². The topological polar surface area (TPSA) is 89.0 Å². The van der Waals surface area contributed by atoms with Crippen LogP contribution in [0.2, 0.25) is 5.02 Å². The number of sulfonamides is 1. The molecule has 1 N–H and O–H groups in total. The summed E-state index contributed by atoms with van der Waals surface area (Å²) >= 11 is 5.99. The average Bonchev–Trinajstić information content (AvgIpc) is 2.84. The minimum absolute atomic E-state index is 0.104. The minimum atomic E-state index is -3.61. The first-order chi connectivity index (χ1) is 13.9. The van der Waals surface area contributed by atoms with Gasteiger partial charge in [-0.1, -0.05) is 35.9 Å². The fourth-order valence-corrected chi connectivity index (χ4v) is 4.32. The zero-order valence-corrected chi connectivity index (χ0v) is 16.7. The van der Waals surface area contributed by atoms with E-state index in [2.05, 4.69) is 14.7 Å². The van der Waals surface area contributed by atoms with E-state index in [9.17, 15) is 13.2 Å². The SMILES string of the molecule is O=c1c2cc(CS(=O)(=O)NCc3ccccn3)ccc2ccc2ncc(Cl)cc12. The van der Waals surface area contributed by atoms with Crippen molar-refractivity contribution in [2.45, 2.75) is 12.3 Å². The number of nitrogens with zero attached hydrogens (tertiary/aromatic N) is 2. The highest BCUT2D eigenvalue weighted by atomic mass is 35.5. The van der Waals surface area contributed by atoms with Crippen LogP contribution in [-0.4, -0.2) is 18.4 Å². The van der Waals surface area contributed by atoms with Gasteiger partial charge in [0.2, 0.25) is 10.0 Å². The molecule has 2 heterocycles. The van der Waals surface area contributed by atoms with Crippen LogP contribution in [0.25, 0.3) is 21.7 Å². The van der Waals surface area contributed by atoms with E-state index in [4.69, 9.17) is 11.6 Å². The van der Waals surface area contributed by atoms with E-state index < -0.39 is 10.0 Å². The summed E-state index contributed by atoms with van der Waals surface area (Å²) in [5, 5.41) is 1.88. The van der Waals surface area contributed by atoms with Crippen molar-refractivity contribution < 1.29 is 8.42 Å². The van der Waals surface area contributed by atoms with Gasteiger partial charge in [-0.25, -0.2) is 13.1 Å². The maximum Gasteiger partial charge on any atom is 0.216 e. The third-order valence-corrected chi connectivity index (χ3v) is 5.97. The van der Waals surface area contributed by atoms with Crippen molar-refractivity contribution in [1.82, 2.24) is 14.7 Å². The normalized spacial score (nSPS) is 11.8. The summed E-state index contributed by atoms with van der Waals surface area (Å²) in [4.78, 5) is 21.3. The molecule has 4 rings (SSSR count). The summed E-state index contributed by atoms with van der Waals surface area (Å²) < 4.78 is 27.5. The Morgan fingerprint density at radius 3 is 2.59 bits per heavy atom. The number of halogens is 1. The van der Waals surface area contributed by atoms with Crippen LogP contribution in [0.15, 0.2) is 71.8 Å². The molecule has 6 nitrogen and oxygen atoms in total. The molecular formula is C21H16ClN3O3S. The summed E-state index contributed by atoms with van der Waals surface area (Å²) in [7, 11) is -3.61. The number of aromatic nitrogens is 2. The standard InChI is InChI=1S/C21H16ClN3O3S/c22-16-10-19-20(24-11-16)7-6-15-5-4-14(9-18(15)21(19)26)13-29(27,28)25-12-17-3-1-2-8-23-17/h1-11,25H,12-13H2. The lowest BCUT2D eigenvalue weighted by Gasteiger charge is -2.07. The van der Waals surface area contributed by atoms with E-state index in [0.29, 0.717) is 38.0 Å². The van der Waals surface area contributed by atoms with E-state index in [-0.39, 0.29) is 17.7 Å². The fourth-order valence-electron chi connectivity index (χ4n) is 3.07. The van der Waals surface area contributed by atoms with Gasteiger partial charge in [-0.3, -0.25) is 14.8 Å². The second-order valence-corrected chi connectivity index (χ2v) is 8.81. The molecule has 0 fully saturated rings. The first-order valence-corrected chi connectivity index (χ1v) is 10.8. The molecule has 0 bridgehead atoms. The quantitative estimate of drug-likeness (QED) is 0.529. The van der Waals surface area contributed by atoms with Gasteiger partial charge in [-0.15, -0.1) is 0 Å².